The number of hydrogen-bond acceptors (Lipinski definition) is 4. The summed E-state index contributed by atoms with van der Waals surface area (Å²) in [5.41, 5.74) is 3.28. The Bertz CT molecular complexity index is 1010. The molecule has 4 atom stereocenters. The first-order chi connectivity index (χ1) is 16.6. The van der Waals surface area contributed by atoms with Crippen LogP contribution in [-0.2, 0) is 38.8 Å². The molecule has 0 aromatic heterocycles. The fourth-order valence-corrected chi connectivity index (χ4v) is 4.65. The summed E-state index contributed by atoms with van der Waals surface area (Å²) in [6.45, 7) is 5.41. The van der Waals surface area contributed by atoms with Gasteiger partial charge in [0.2, 0.25) is 5.91 Å². The van der Waals surface area contributed by atoms with E-state index in [4.69, 9.17) is 14.2 Å². The van der Waals surface area contributed by atoms with E-state index in [0.717, 1.165) is 16.7 Å². The standard InChI is InChI=1S/C29H33NO4/c1-22-28(33-19-25-14-8-4-9-15-25)29(34-20-26-16-10-5-11-17-26)27(30(22)23(2)31)21-32-18-24-12-6-3-7-13-24/h3-17,22,27-29H,18-21H2,1-2H3. The molecule has 34 heavy (non-hydrogen) atoms. The molecule has 0 spiro atoms. The zero-order valence-corrected chi connectivity index (χ0v) is 19.9. The molecule has 1 amide bonds. The SMILES string of the molecule is CC(=O)N1C(C)C(OCc2ccccc2)C(OCc2ccccc2)C1COCc1ccccc1. The monoisotopic (exact) mass is 459 g/mol. The van der Waals surface area contributed by atoms with Gasteiger partial charge in [-0.1, -0.05) is 91.0 Å². The van der Waals surface area contributed by atoms with Crippen molar-refractivity contribution in [3.8, 4) is 0 Å². The summed E-state index contributed by atoms with van der Waals surface area (Å²) >= 11 is 0. The van der Waals surface area contributed by atoms with E-state index in [9.17, 15) is 4.79 Å². The maximum absolute atomic E-state index is 12.7. The second kappa shape index (κ2) is 11.9. The van der Waals surface area contributed by atoms with Crippen molar-refractivity contribution in [2.75, 3.05) is 6.61 Å². The summed E-state index contributed by atoms with van der Waals surface area (Å²) in [7, 11) is 0. The molecule has 1 aliphatic heterocycles. The van der Waals surface area contributed by atoms with Gasteiger partial charge in [-0.15, -0.1) is 0 Å². The third-order valence-corrected chi connectivity index (χ3v) is 6.31. The van der Waals surface area contributed by atoms with Crippen molar-refractivity contribution in [2.24, 2.45) is 0 Å². The van der Waals surface area contributed by atoms with Crippen LogP contribution in [0.2, 0.25) is 0 Å². The number of ether oxygens (including phenoxy) is 3. The molecule has 0 radical (unpaired) electrons. The lowest BCUT2D eigenvalue weighted by Crippen LogP contribution is -2.44. The summed E-state index contributed by atoms with van der Waals surface area (Å²) in [4.78, 5) is 14.6. The maximum Gasteiger partial charge on any atom is 0.220 e. The normalized spacial score (nSPS) is 22.1. The van der Waals surface area contributed by atoms with Crippen LogP contribution in [0.25, 0.3) is 0 Å². The summed E-state index contributed by atoms with van der Waals surface area (Å²) in [5, 5.41) is 0. The van der Waals surface area contributed by atoms with Gasteiger partial charge in [0.15, 0.2) is 0 Å². The van der Waals surface area contributed by atoms with Crippen LogP contribution in [0.15, 0.2) is 91.0 Å². The molecule has 5 heteroatoms. The molecule has 5 nitrogen and oxygen atoms in total. The van der Waals surface area contributed by atoms with Gasteiger partial charge in [-0.25, -0.2) is 0 Å². The molecule has 3 aromatic carbocycles. The van der Waals surface area contributed by atoms with E-state index in [1.165, 1.54) is 0 Å². The molecule has 0 aliphatic carbocycles. The highest BCUT2D eigenvalue weighted by Crippen LogP contribution is 2.32. The van der Waals surface area contributed by atoms with E-state index in [-0.39, 0.29) is 30.2 Å². The smallest absolute Gasteiger partial charge is 0.220 e. The minimum Gasteiger partial charge on any atom is -0.375 e. The Labute approximate surface area is 202 Å². The number of likely N-dealkylation sites (tertiary alicyclic amines) is 1. The quantitative estimate of drug-likeness (QED) is 0.428. The van der Waals surface area contributed by atoms with Crippen LogP contribution < -0.4 is 0 Å². The Morgan fingerprint density at radius 1 is 0.706 bits per heavy atom. The van der Waals surface area contributed by atoms with Gasteiger partial charge in [0.05, 0.1) is 38.5 Å². The van der Waals surface area contributed by atoms with E-state index in [2.05, 4.69) is 0 Å². The van der Waals surface area contributed by atoms with Crippen molar-refractivity contribution in [3.05, 3.63) is 108 Å². The lowest BCUT2D eigenvalue weighted by molar-refractivity contribution is -0.134. The number of carbonyl (C=O) groups excluding carboxylic acids is 1. The maximum atomic E-state index is 12.7. The zero-order valence-electron chi connectivity index (χ0n) is 19.9. The number of nitrogens with zero attached hydrogens (tertiary/aromatic N) is 1. The predicted octanol–water partition coefficient (Wildman–Crippen LogP) is 4.99. The van der Waals surface area contributed by atoms with Crippen molar-refractivity contribution in [3.63, 3.8) is 0 Å². The highest BCUT2D eigenvalue weighted by molar-refractivity contribution is 5.74. The topological polar surface area (TPSA) is 48.0 Å². The molecule has 0 bridgehead atoms. The second-order valence-corrected chi connectivity index (χ2v) is 8.76. The van der Waals surface area contributed by atoms with Crippen LogP contribution in [0.1, 0.15) is 30.5 Å². The Hall–Kier alpha value is -2.99. The molecule has 1 aliphatic rings. The van der Waals surface area contributed by atoms with Gasteiger partial charge in [0.1, 0.15) is 12.2 Å². The number of amides is 1. The lowest BCUT2D eigenvalue weighted by Gasteiger charge is -2.28. The summed E-state index contributed by atoms with van der Waals surface area (Å²) in [6, 6.07) is 29.9. The summed E-state index contributed by atoms with van der Waals surface area (Å²) in [6.07, 6.45) is -0.572. The first-order valence-electron chi connectivity index (χ1n) is 11.8. The molecular weight excluding hydrogens is 426 g/mol. The first kappa shape index (κ1) is 24.1. The fraction of sp³-hybridized carbons (Fsp3) is 0.345. The number of hydrogen-bond donors (Lipinski definition) is 0. The van der Waals surface area contributed by atoms with Crippen molar-refractivity contribution in [1.29, 1.82) is 0 Å². The largest absolute Gasteiger partial charge is 0.375 e. The van der Waals surface area contributed by atoms with Crippen molar-refractivity contribution < 1.29 is 19.0 Å². The van der Waals surface area contributed by atoms with Gasteiger partial charge in [0, 0.05) is 6.92 Å². The minimum atomic E-state index is -0.307. The van der Waals surface area contributed by atoms with Gasteiger partial charge < -0.3 is 19.1 Å². The van der Waals surface area contributed by atoms with Gasteiger partial charge in [-0.3, -0.25) is 4.79 Å². The van der Waals surface area contributed by atoms with Gasteiger partial charge in [-0.2, -0.15) is 0 Å². The minimum absolute atomic E-state index is 0.0000617. The Balaban J connectivity index is 1.51. The molecule has 1 fully saturated rings. The third-order valence-electron chi connectivity index (χ3n) is 6.31. The average Bonchev–Trinajstić information content (AvgIpc) is 3.13. The Morgan fingerprint density at radius 3 is 1.62 bits per heavy atom. The third kappa shape index (κ3) is 6.11. The number of carbonyl (C=O) groups is 1. The van der Waals surface area contributed by atoms with Gasteiger partial charge >= 0.3 is 0 Å². The van der Waals surface area contributed by atoms with Crippen LogP contribution in [0.3, 0.4) is 0 Å². The average molecular weight is 460 g/mol. The predicted molar refractivity (Wildman–Crippen MR) is 132 cm³/mol. The zero-order chi connectivity index (χ0) is 23.8. The molecule has 0 N–H and O–H groups in total. The molecule has 178 valence electrons. The van der Waals surface area contributed by atoms with Crippen LogP contribution in [0.4, 0.5) is 0 Å². The number of benzene rings is 3. The molecular formula is C29H33NO4. The van der Waals surface area contributed by atoms with Crippen molar-refractivity contribution in [1.82, 2.24) is 4.90 Å². The molecule has 1 saturated heterocycles. The van der Waals surface area contributed by atoms with E-state index >= 15 is 0 Å². The van der Waals surface area contributed by atoms with Crippen molar-refractivity contribution in [2.45, 2.75) is 58.0 Å². The Kier molecular flexibility index (Phi) is 8.47. The van der Waals surface area contributed by atoms with Crippen LogP contribution in [0, 0.1) is 0 Å². The molecule has 3 aromatic rings. The van der Waals surface area contributed by atoms with Crippen LogP contribution in [0.5, 0.6) is 0 Å². The van der Waals surface area contributed by atoms with Gasteiger partial charge in [0.25, 0.3) is 0 Å². The Morgan fingerprint density at radius 2 is 1.15 bits per heavy atom. The van der Waals surface area contributed by atoms with E-state index in [1.54, 1.807) is 6.92 Å². The summed E-state index contributed by atoms with van der Waals surface area (Å²) < 4.78 is 19.0. The highest BCUT2D eigenvalue weighted by atomic mass is 16.5. The van der Waals surface area contributed by atoms with E-state index < -0.39 is 0 Å². The molecule has 1 heterocycles. The molecule has 0 saturated carbocycles. The van der Waals surface area contributed by atoms with Gasteiger partial charge in [-0.05, 0) is 23.6 Å². The summed E-state index contributed by atoms with van der Waals surface area (Å²) in [5.74, 6) is -0.0000617. The lowest BCUT2D eigenvalue weighted by atomic mass is 10.1. The highest BCUT2D eigenvalue weighted by Gasteiger charge is 2.49. The number of rotatable bonds is 10. The fourth-order valence-electron chi connectivity index (χ4n) is 4.65. The van der Waals surface area contributed by atoms with Crippen LogP contribution in [-0.4, -0.2) is 41.7 Å². The molecule has 4 unspecified atom stereocenters. The van der Waals surface area contributed by atoms with Crippen LogP contribution >= 0.6 is 0 Å². The second-order valence-electron chi connectivity index (χ2n) is 8.76. The van der Waals surface area contributed by atoms with E-state index in [1.807, 2.05) is 103 Å². The first-order valence-corrected chi connectivity index (χ1v) is 11.8. The van der Waals surface area contributed by atoms with E-state index in [0.29, 0.717) is 26.4 Å². The molecule has 4 rings (SSSR count). The van der Waals surface area contributed by atoms with Crippen molar-refractivity contribution >= 4 is 5.91 Å².